The molecule has 2 rings (SSSR count). The van der Waals surface area contributed by atoms with E-state index in [0.29, 0.717) is 6.04 Å². The summed E-state index contributed by atoms with van der Waals surface area (Å²) in [6.07, 6.45) is 5.23. The Labute approximate surface area is 120 Å². The Hall–Kier alpha value is -1.43. The molecule has 0 radical (unpaired) electrons. The van der Waals surface area contributed by atoms with Crippen LogP contribution in [0.4, 0.5) is 0 Å². The van der Waals surface area contributed by atoms with Gasteiger partial charge in [-0.15, -0.1) is 5.10 Å². The molecule has 1 saturated carbocycles. The zero-order valence-electron chi connectivity index (χ0n) is 12.8. The van der Waals surface area contributed by atoms with Gasteiger partial charge in [0.1, 0.15) is 6.04 Å². The summed E-state index contributed by atoms with van der Waals surface area (Å²) in [6, 6.07) is 0.300. The van der Waals surface area contributed by atoms with Crippen molar-refractivity contribution in [2.24, 2.45) is 0 Å². The molecule has 0 spiro atoms. The summed E-state index contributed by atoms with van der Waals surface area (Å²) in [7, 11) is 0. The van der Waals surface area contributed by atoms with Crippen molar-refractivity contribution in [3.05, 3.63) is 11.9 Å². The summed E-state index contributed by atoms with van der Waals surface area (Å²) in [4.78, 5) is 12.2. The normalized spacial score (nSPS) is 17.0. The van der Waals surface area contributed by atoms with Crippen LogP contribution in [0.15, 0.2) is 6.20 Å². The van der Waals surface area contributed by atoms with Gasteiger partial charge in [0, 0.05) is 18.1 Å². The molecular formula is C14H25N5O. The van der Waals surface area contributed by atoms with Crippen molar-refractivity contribution in [1.29, 1.82) is 0 Å². The van der Waals surface area contributed by atoms with E-state index in [1.807, 2.05) is 27.0 Å². The summed E-state index contributed by atoms with van der Waals surface area (Å²) in [5.41, 5.74) is 0.689. The number of carbonyl (C=O) groups excluding carboxylic acids is 1. The largest absolute Gasteiger partial charge is 0.349 e. The lowest BCUT2D eigenvalue weighted by Crippen LogP contribution is -2.45. The highest BCUT2D eigenvalue weighted by Gasteiger charge is 2.24. The third-order valence-electron chi connectivity index (χ3n) is 3.83. The van der Waals surface area contributed by atoms with Crippen molar-refractivity contribution in [3.63, 3.8) is 0 Å². The fourth-order valence-corrected chi connectivity index (χ4v) is 1.77. The molecule has 0 aromatic carbocycles. The Bertz CT molecular complexity index is 464. The number of rotatable bonds is 7. The fraction of sp³-hybridized carbons (Fsp3) is 0.786. The molecule has 1 unspecified atom stereocenters. The van der Waals surface area contributed by atoms with E-state index in [4.69, 9.17) is 0 Å². The molecule has 1 aliphatic rings. The quantitative estimate of drug-likeness (QED) is 0.791. The maximum atomic E-state index is 12.2. The lowest BCUT2D eigenvalue weighted by Gasteiger charge is -2.26. The molecule has 20 heavy (non-hydrogen) atoms. The maximum Gasteiger partial charge on any atom is 0.245 e. The molecule has 1 aliphatic carbocycles. The summed E-state index contributed by atoms with van der Waals surface area (Å²) < 4.78 is 1.63. The first-order chi connectivity index (χ1) is 9.41. The second kappa shape index (κ2) is 5.91. The standard InChI is InChI=1S/C14H25N5O/c1-5-14(3,4)16-13(20)10(2)19-9-12(17-18-19)8-15-11-6-7-11/h9-11,15H,5-8H2,1-4H3,(H,16,20). The first-order valence-corrected chi connectivity index (χ1v) is 7.37. The van der Waals surface area contributed by atoms with Crippen LogP contribution in [0, 0.1) is 0 Å². The maximum absolute atomic E-state index is 12.2. The van der Waals surface area contributed by atoms with Crippen LogP contribution in [-0.2, 0) is 11.3 Å². The number of carbonyl (C=O) groups is 1. The predicted octanol–water partition coefficient (Wildman–Crippen LogP) is 1.40. The molecule has 1 aromatic rings. The van der Waals surface area contributed by atoms with E-state index >= 15 is 0 Å². The van der Waals surface area contributed by atoms with Crippen LogP contribution >= 0.6 is 0 Å². The molecule has 1 fully saturated rings. The van der Waals surface area contributed by atoms with E-state index < -0.39 is 0 Å². The Morgan fingerprint density at radius 1 is 1.55 bits per heavy atom. The minimum atomic E-state index is -0.344. The Balaban J connectivity index is 1.90. The number of nitrogens with one attached hydrogen (secondary N) is 2. The molecule has 1 aromatic heterocycles. The number of aromatic nitrogens is 3. The van der Waals surface area contributed by atoms with Gasteiger partial charge in [-0.2, -0.15) is 0 Å². The van der Waals surface area contributed by atoms with E-state index in [1.54, 1.807) is 4.68 Å². The minimum Gasteiger partial charge on any atom is -0.349 e. The predicted molar refractivity (Wildman–Crippen MR) is 77.1 cm³/mol. The first-order valence-electron chi connectivity index (χ1n) is 7.37. The van der Waals surface area contributed by atoms with Crippen LogP contribution < -0.4 is 10.6 Å². The van der Waals surface area contributed by atoms with Crippen molar-refractivity contribution in [1.82, 2.24) is 25.6 Å². The van der Waals surface area contributed by atoms with E-state index in [0.717, 1.165) is 18.7 Å². The van der Waals surface area contributed by atoms with Gasteiger partial charge in [-0.3, -0.25) is 4.79 Å². The first kappa shape index (κ1) is 15.0. The molecule has 0 aliphatic heterocycles. The topological polar surface area (TPSA) is 71.8 Å². The van der Waals surface area contributed by atoms with Gasteiger partial charge in [0.05, 0.1) is 11.9 Å². The summed E-state index contributed by atoms with van der Waals surface area (Å²) in [5.74, 6) is -0.0246. The molecule has 112 valence electrons. The van der Waals surface area contributed by atoms with Crippen molar-refractivity contribution in [2.45, 2.75) is 71.1 Å². The molecule has 1 amide bonds. The lowest BCUT2D eigenvalue weighted by atomic mass is 10.0. The van der Waals surface area contributed by atoms with Crippen molar-refractivity contribution in [2.75, 3.05) is 0 Å². The van der Waals surface area contributed by atoms with Gasteiger partial charge >= 0.3 is 0 Å². The SMILES string of the molecule is CCC(C)(C)NC(=O)C(C)n1cc(CNC2CC2)nn1. The number of hydrogen-bond acceptors (Lipinski definition) is 4. The second-order valence-electron chi connectivity index (χ2n) is 6.25. The van der Waals surface area contributed by atoms with Gasteiger partial charge in [-0.1, -0.05) is 12.1 Å². The summed E-state index contributed by atoms with van der Waals surface area (Å²) in [6.45, 7) is 8.66. The van der Waals surface area contributed by atoms with Gasteiger partial charge in [0.15, 0.2) is 0 Å². The van der Waals surface area contributed by atoms with Gasteiger partial charge < -0.3 is 10.6 Å². The van der Waals surface area contributed by atoms with Crippen LogP contribution in [0.3, 0.4) is 0 Å². The van der Waals surface area contributed by atoms with Crippen LogP contribution in [0.25, 0.3) is 0 Å². The van der Waals surface area contributed by atoms with Gasteiger partial charge in [0.25, 0.3) is 0 Å². The van der Waals surface area contributed by atoms with E-state index in [-0.39, 0.29) is 17.5 Å². The van der Waals surface area contributed by atoms with E-state index in [1.165, 1.54) is 12.8 Å². The summed E-state index contributed by atoms with van der Waals surface area (Å²) in [5, 5.41) is 14.6. The zero-order valence-corrected chi connectivity index (χ0v) is 12.8. The van der Waals surface area contributed by atoms with Gasteiger partial charge in [-0.05, 0) is 40.0 Å². The average Bonchev–Trinajstić information content (AvgIpc) is 3.12. The van der Waals surface area contributed by atoms with Crippen LogP contribution in [0.1, 0.15) is 58.7 Å². The number of nitrogens with zero attached hydrogens (tertiary/aromatic N) is 3. The smallest absolute Gasteiger partial charge is 0.245 e. The molecule has 2 N–H and O–H groups in total. The Kier molecular flexibility index (Phi) is 4.42. The highest BCUT2D eigenvalue weighted by molar-refractivity contribution is 5.80. The second-order valence-corrected chi connectivity index (χ2v) is 6.25. The van der Waals surface area contributed by atoms with Crippen molar-refractivity contribution in [3.8, 4) is 0 Å². The Morgan fingerprint density at radius 3 is 2.85 bits per heavy atom. The highest BCUT2D eigenvalue weighted by Crippen LogP contribution is 2.19. The monoisotopic (exact) mass is 279 g/mol. The minimum absolute atomic E-state index is 0.0246. The molecule has 6 heteroatoms. The van der Waals surface area contributed by atoms with Crippen LogP contribution in [0.2, 0.25) is 0 Å². The molecule has 0 saturated heterocycles. The molecule has 6 nitrogen and oxygen atoms in total. The molecule has 1 heterocycles. The third-order valence-corrected chi connectivity index (χ3v) is 3.83. The van der Waals surface area contributed by atoms with E-state index in [9.17, 15) is 4.79 Å². The fourth-order valence-electron chi connectivity index (χ4n) is 1.77. The highest BCUT2D eigenvalue weighted by atomic mass is 16.2. The number of hydrogen-bond donors (Lipinski definition) is 2. The third kappa shape index (κ3) is 4.03. The van der Waals surface area contributed by atoms with Crippen molar-refractivity contribution >= 4 is 5.91 Å². The van der Waals surface area contributed by atoms with Crippen LogP contribution in [0.5, 0.6) is 0 Å². The average molecular weight is 279 g/mol. The molecule has 1 atom stereocenters. The Morgan fingerprint density at radius 2 is 2.25 bits per heavy atom. The van der Waals surface area contributed by atoms with Crippen LogP contribution in [-0.4, -0.2) is 32.5 Å². The summed E-state index contributed by atoms with van der Waals surface area (Å²) >= 11 is 0. The van der Waals surface area contributed by atoms with Crippen molar-refractivity contribution < 1.29 is 4.79 Å². The van der Waals surface area contributed by atoms with Gasteiger partial charge in [-0.25, -0.2) is 4.68 Å². The van der Waals surface area contributed by atoms with E-state index in [2.05, 4.69) is 27.9 Å². The molecule has 0 bridgehead atoms. The number of amides is 1. The van der Waals surface area contributed by atoms with Gasteiger partial charge in [0.2, 0.25) is 5.91 Å². The lowest BCUT2D eigenvalue weighted by molar-refractivity contribution is -0.125. The zero-order chi connectivity index (χ0) is 14.8. The molecular weight excluding hydrogens is 254 g/mol.